The second kappa shape index (κ2) is 7.43. The van der Waals surface area contributed by atoms with Gasteiger partial charge >= 0.3 is 5.97 Å². The van der Waals surface area contributed by atoms with Crippen LogP contribution >= 0.6 is 23.5 Å². The molecule has 1 aliphatic heterocycles. The zero-order valence-electron chi connectivity index (χ0n) is 14.1. The van der Waals surface area contributed by atoms with Gasteiger partial charge in [-0.1, -0.05) is 35.7 Å². The molecule has 23 heavy (non-hydrogen) atoms. The molecular weight excluding hydrogens is 334 g/mol. The lowest BCUT2D eigenvalue weighted by Crippen LogP contribution is -2.56. The van der Waals surface area contributed by atoms with Crippen molar-refractivity contribution in [3.05, 3.63) is 34.3 Å². The monoisotopic (exact) mass is 357 g/mol. The van der Waals surface area contributed by atoms with Crippen LogP contribution in [0.1, 0.15) is 38.8 Å². The zero-order valence-corrected chi connectivity index (χ0v) is 15.6. The third kappa shape index (κ3) is 4.86. The van der Waals surface area contributed by atoms with E-state index in [9.17, 15) is 4.79 Å². The first-order valence-corrected chi connectivity index (χ1v) is 8.93. The van der Waals surface area contributed by atoms with E-state index in [2.05, 4.69) is 25.5 Å². The average Bonchev–Trinajstić information content (AvgIpc) is 2.38. The predicted octanol–water partition coefficient (Wildman–Crippen LogP) is 3.71. The highest BCUT2D eigenvalue weighted by Gasteiger charge is 2.42. The molecule has 0 radical (unpaired) electrons. The van der Waals surface area contributed by atoms with Gasteiger partial charge in [-0.05, 0) is 44.9 Å². The summed E-state index contributed by atoms with van der Waals surface area (Å²) in [5.41, 5.74) is 1.60. The predicted molar refractivity (Wildman–Crippen MR) is 94.8 cm³/mol. The summed E-state index contributed by atoms with van der Waals surface area (Å²) in [7, 11) is 0. The molecule has 0 amide bonds. The van der Waals surface area contributed by atoms with E-state index in [-0.39, 0.29) is 22.7 Å². The fourth-order valence-electron chi connectivity index (χ4n) is 2.26. The largest absolute Gasteiger partial charge is 0.466 e. The van der Waals surface area contributed by atoms with Crippen LogP contribution in [0.2, 0.25) is 5.02 Å². The molecule has 1 aromatic carbocycles. The van der Waals surface area contributed by atoms with Crippen LogP contribution in [0.5, 0.6) is 0 Å². The zero-order chi connectivity index (χ0) is 17.1. The summed E-state index contributed by atoms with van der Waals surface area (Å²) in [5, 5.41) is 0.650. The van der Waals surface area contributed by atoms with Gasteiger partial charge in [-0.3, -0.25) is 4.79 Å². The van der Waals surface area contributed by atoms with E-state index in [1.165, 1.54) is 0 Å². The molecule has 0 bridgehead atoms. The minimum atomic E-state index is -0.266. The molecule has 0 aromatic heterocycles. The third-order valence-electron chi connectivity index (χ3n) is 3.45. The van der Waals surface area contributed by atoms with Crippen molar-refractivity contribution >= 4 is 29.5 Å². The van der Waals surface area contributed by atoms with Gasteiger partial charge in [-0.15, -0.1) is 0 Å². The van der Waals surface area contributed by atoms with Crippen LogP contribution in [-0.2, 0) is 26.2 Å². The van der Waals surface area contributed by atoms with Gasteiger partial charge < -0.3 is 9.47 Å². The first kappa shape index (κ1) is 18.6. The van der Waals surface area contributed by atoms with E-state index < -0.39 is 0 Å². The number of hydrogen-bond donors (Lipinski definition) is 1. The Bertz CT molecular complexity index is 567. The lowest BCUT2D eigenvalue weighted by atomic mass is 9.88. The fourth-order valence-corrected chi connectivity index (χ4v) is 3.38. The normalized spacial score (nSPS) is 16.7. The molecule has 1 N–H and O–H groups in total. The van der Waals surface area contributed by atoms with Crippen molar-refractivity contribution in [1.29, 1.82) is 0 Å². The van der Waals surface area contributed by atoms with E-state index in [0.717, 1.165) is 11.1 Å². The first-order chi connectivity index (χ1) is 10.8. The van der Waals surface area contributed by atoms with Crippen molar-refractivity contribution in [2.24, 2.45) is 0 Å². The van der Waals surface area contributed by atoms with E-state index in [0.29, 0.717) is 24.8 Å². The highest BCUT2D eigenvalue weighted by Crippen LogP contribution is 2.38. The molecule has 1 aromatic rings. The molecule has 0 unspecified atom stereocenters. The second-order valence-electron chi connectivity index (χ2n) is 6.69. The van der Waals surface area contributed by atoms with E-state index in [4.69, 9.17) is 21.1 Å². The van der Waals surface area contributed by atoms with E-state index in [1.807, 2.05) is 18.2 Å². The Kier molecular flexibility index (Phi) is 6.00. The number of nitrogens with one attached hydrogen (secondary N) is 1. The lowest BCUT2D eigenvalue weighted by Gasteiger charge is -2.44. The molecule has 1 heterocycles. The Morgan fingerprint density at radius 1 is 1.43 bits per heavy atom. The van der Waals surface area contributed by atoms with Gasteiger partial charge in [0.2, 0.25) is 0 Å². The summed E-state index contributed by atoms with van der Waals surface area (Å²) in [6, 6.07) is 5.76. The van der Waals surface area contributed by atoms with Crippen molar-refractivity contribution in [3.63, 3.8) is 0 Å². The van der Waals surface area contributed by atoms with Crippen LogP contribution in [0.15, 0.2) is 18.2 Å². The molecular formula is C17H24ClNO3S. The number of rotatable bonds is 6. The molecule has 1 fully saturated rings. The number of halogens is 1. The van der Waals surface area contributed by atoms with E-state index >= 15 is 0 Å². The van der Waals surface area contributed by atoms with Gasteiger partial charge in [0, 0.05) is 9.77 Å². The SMILES string of the molecule is CCOC(=O)Cc1ccc(C2(NSC(C)(C)C)COC2)c(Cl)c1. The lowest BCUT2D eigenvalue weighted by molar-refractivity contribution is -0.142. The summed E-state index contributed by atoms with van der Waals surface area (Å²) >= 11 is 8.16. The van der Waals surface area contributed by atoms with Gasteiger partial charge in [0.15, 0.2) is 0 Å². The smallest absolute Gasteiger partial charge is 0.310 e. The summed E-state index contributed by atoms with van der Waals surface area (Å²) in [4.78, 5) is 11.6. The van der Waals surface area contributed by atoms with Gasteiger partial charge in [-0.25, -0.2) is 4.72 Å². The van der Waals surface area contributed by atoms with Gasteiger partial charge in [0.25, 0.3) is 0 Å². The quantitative estimate of drug-likeness (QED) is 0.621. The van der Waals surface area contributed by atoms with Crippen molar-refractivity contribution in [2.45, 2.75) is 44.4 Å². The Hall–Kier alpha value is -0.750. The van der Waals surface area contributed by atoms with Crippen LogP contribution in [-0.4, -0.2) is 30.5 Å². The summed E-state index contributed by atoms with van der Waals surface area (Å²) < 4.78 is 14.0. The summed E-state index contributed by atoms with van der Waals surface area (Å²) in [6.07, 6.45) is 0.238. The average molecular weight is 358 g/mol. The maximum absolute atomic E-state index is 11.6. The van der Waals surface area contributed by atoms with E-state index in [1.54, 1.807) is 18.9 Å². The maximum Gasteiger partial charge on any atom is 0.310 e. The fraction of sp³-hybridized carbons (Fsp3) is 0.588. The minimum absolute atomic E-state index is 0.0961. The van der Waals surface area contributed by atoms with Crippen LogP contribution in [0.3, 0.4) is 0 Å². The molecule has 0 spiro atoms. The molecule has 6 heteroatoms. The number of esters is 1. The van der Waals surface area contributed by atoms with Crippen molar-refractivity contribution in [2.75, 3.05) is 19.8 Å². The van der Waals surface area contributed by atoms with Gasteiger partial charge in [-0.2, -0.15) is 0 Å². The minimum Gasteiger partial charge on any atom is -0.466 e. The highest BCUT2D eigenvalue weighted by atomic mass is 35.5. The van der Waals surface area contributed by atoms with Gasteiger partial charge in [0.05, 0.1) is 26.2 Å². The van der Waals surface area contributed by atoms with Crippen LogP contribution in [0, 0.1) is 0 Å². The number of ether oxygens (including phenoxy) is 2. The first-order valence-electron chi connectivity index (χ1n) is 7.73. The van der Waals surface area contributed by atoms with Crippen LogP contribution < -0.4 is 4.72 Å². The van der Waals surface area contributed by atoms with Crippen molar-refractivity contribution < 1.29 is 14.3 Å². The number of carbonyl (C=O) groups excluding carboxylic acids is 1. The van der Waals surface area contributed by atoms with Crippen LogP contribution in [0.25, 0.3) is 0 Å². The molecule has 4 nitrogen and oxygen atoms in total. The molecule has 0 atom stereocenters. The maximum atomic E-state index is 11.6. The molecule has 1 aliphatic rings. The standard InChI is InChI=1S/C17H24ClNO3S/c1-5-22-15(20)9-12-6-7-13(14(18)8-12)17(10-21-11-17)19-23-16(2,3)4/h6-8,19H,5,9-11H2,1-4H3. The topological polar surface area (TPSA) is 47.6 Å². The molecule has 0 aliphatic carbocycles. The van der Waals surface area contributed by atoms with Crippen LogP contribution in [0.4, 0.5) is 0 Å². The Morgan fingerprint density at radius 2 is 2.13 bits per heavy atom. The number of carbonyl (C=O) groups is 1. The number of benzene rings is 1. The molecule has 2 rings (SSSR count). The molecule has 1 saturated heterocycles. The number of hydrogen-bond acceptors (Lipinski definition) is 5. The second-order valence-corrected chi connectivity index (χ2v) is 8.73. The Labute approximate surface area is 147 Å². The molecule has 0 saturated carbocycles. The third-order valence-corrected chi connectivity index (χ3v) is 4.87. The summed E-state index contributed by atoms with van der Waals surface area (Å²) in [6.45, 7) is 9.83. The molecule has 128 valence electrons. The summed E-state index contributed by atoms with van der Waals surface area (Å²) in [5.74, 6) is -0.237. The van der Waals surface area contributed by atoms with Crippen molar-refractivity contribution in [1.82, 2.24) is 4.72 Å². The highest BCUT2D eigenvalue weighted by molar-refractivity contribution is 7.98. The Morgan fingerprint density at radius 3 is 2.61 bits per heavy atom. The Balaban J connectivity index is 2.14. The van der Waals surface area contributed by atoms with Gasteiger partial charge in [0.1, 0.15) is 5.54 Å². The van der Waals surface area contributed by atoms with Crippen molar-refractivity contribution in [3.8, 4) is 0 Å².